The van der Waals surface area contributed by atoms with Crippen LogP contribution in [0.4, 0.5) is 0 Å². The third-order valence-electron chi connectivity index (χ3n) is 8.93. The van der Waals surface area contributed by atoms with Crippen LogP contribution in [0.5, 0.6) is 0 Å². The molecule has 2 fully saturated rings. The van der Waals surface area contributed by atoms with E-state index in [-0.39, 0.29) is 11.5 Å². The quantitative estimate of drug-likeness (QED) is 0.446. The van der Waals surface area contributed by atoms with Gasteiger partial charge in [0.05, 0.1) is 0 Å². The Kier molecular flexibility index (Phi) is 7.56. The van der Waals surface area contributed by atoms with E-state index in [0.717, 1.165) is 30.6 Å². The zero-order valence-electron chi connectivity index (χ0n) is 20.6. The highest BCUT2D eigenvalue weighted by molar-refractivity contribution is 5.46. The molecule has 6 atom stereocenters. The summed E-state index contributed by atoms with van der Waals surface area (Å²) in [7, 11) is 0. The molecule has 1 amide bonds. The molecule has 3 heteroatoms. The first kappa shape index (κ1) is 24.3. The van der Waals surface area contributed by atoms with E-state index in [4.69, 9.17) is 5.73 Å². The van der Waals surface area contributed by atoms with Gasteiger partial charge in [0.15, 0.2) is 0 Å². The van der Waals surface area contributed by atoms with Crippen LogP contribution in [-0.2, 0) is 10.2 Å². The first-order valence-corrected chi connectivity index (χ1v) is 12.6. The van der Waals surface area contributed by atoms with Crippen LogP contribution in [-0.4, -0.2) is 19.0 Å². The summed E-state index contributed by atoms with van der Waals surface area (Å²) >= 11 is 0. The molecule has 0 radical (unpaired) electrons. The van der Waals surface area contributed by atoms with Gasteiger partial charge in [-0.05, 0) is 78.1 Å². The van der Waals surface area contributed by atoms with Crippen LogP contribution >= 0.6 is 0 Å². The second-order valence-electron chi connectivity index (χ2n) is 12.1. The van der Waals surface area contributed by atoms with Crippen LogP contribution in [0.2, 0.25) is 0 Å². The summed E-state index contributed by atoms with van der Waals surface area (Å²) in [5.74, 6) is 2.49. The second kappa shape index (κ2) is 9.65. The fraction of sp³-hybridized carbons (Fsp3) is 0.750. The van der Waals surface area contributed by atoms with Crippen molar-refractivity contribution < 1.29 is 4.79 Å². The number of amides is 1. The number of carbonyl (C=O) groups excluding carboxylic acids is 1. The highest BCUT2D eigenvalue weighted by Crippen LogP contribution is 2.61. The summed E-state index contributed by atoms with van der Waals surface area (Å²) in [6.45, 7) is 12.4. The largest absolute Gasteiger partial charge is 0.358 e. The van der Waals surface area contributed by atoms with Crippen molar-refractivity contribution in [2.75, 3.05) is 6.54 Å². The topological polar surface area (TPSA) is 55.1 Å². The maximum Gasteiger partial charge on any atom is 0.207 e. The van der Waals surface area contributed by atoms with E-state index in [1.807, 2.05) is 0 Å². The summed E-state index contributed by atoms with van der Waals surface area (Å²) in [6.07, 6.45) is 11.0. The minimum Gasteiger partial charge on any atom is -0.358 e. The lowest BCUT2D eigenvalue weighted by Crippen LogP contribution is -2.51. The Balaban J connectivity index is 1.81. The number of hydrogen-bond acceptors (Lipinski definition) is 2. The molecule has 1 aromatic rings. The first-order chi connectivity index (χ1) is 14.6. The molecule has 0 heterocycles. The van der Waals surface area contributed by atoms with Gasteiger partial charge in [-0.1, -0.05) is 77.8 Å². The number of fused-ring (bicyclic) bond motifs is 2. The van der Waals surface area contributed by atoms with Crippen molar-refractivity contribution in [3.8, 4) is 0 Å². The number of nitrogens with two attached hydrogens (primary N) is 1. The molecule has 2 saturated carbocycles. The fourth-order valence-corrected chi connectivity index (χ4v) is 7.36. The van der Waals surface area contributed by atoms with Gasteiger partial charge < -0.3 is 11.1 Å². The van der Waals surface area contributed by atoms with Crippen LogP contribution in [0.25, 0.3) is 0 Å². The summed E-state index contributed by atoms with van der Waals surface area (Å²) < 4.78 is 0. The van der Waals surface area contributed by atoms with Gasteiger partial charge in [0.25, 0.3) is 0 Å². The van der Waals surface area contributed by atoms with Gasteiger partial charge in [-0.15, -0.1) is 0 Å². The molecule has 1 aromatic carbocycles. The summed E-state index contributed by atoms with van der Waals surface area (Å²) in [6, 6.07) is 11.5. The first-order valence-electron chi connectivity index (χ1n) is 12.6. The Bertz CT molecular complexity index is 713. The number of nitrogens with one attached hydrogen (secondary N) is 1. The van der Waals surface area contributed by atoms with Gasteiger partial charge in [0.1, 0.15) is 0 Å². The SMILES string of the molecule is CCCC1C(C)CC2(c3ccccc3)CC1CC(C)(CCC(N)C(C)(C)CNC=O)C2. The lowest BCUT2D eigenvalue weighted by atomic mass is 9.47. The van der Waals surface area contributed by atoms with Crippen molar-refractivity contribution >= 4 is 6.41 Å². The lowest BCUT2D eigenvalue weighted by Gasteiger charge is -2.58. The molecule has 0 spiro atoms. The number of rotatable bonds is 10. The molecule has 3 rings (SSSR count). The van der Waals surface area contributed by atoms with E-state index >= 15 is 0 Å². The minimum atomic E-state index is -0.0851. The molecule has 2 bridgehead atoms. The van der Waals surface area contributed by atoms with Crippen LogP contribution in [0.15, 0.2) is 30.3 Å². The second-order valence-corrected chi connectivity index (χ2v) is 12.1. The Morgan fingerprint density at radius 1 is 1.23 bits per heavy atom. The third kappa shape index (κ3) is 5.35. The standard InChI is InChI=1S/C28H46N2O/c1-6-10-24-21(2)15-28(23-11-8-7-9-12-23)17-22(24)16-27(5,18-28)14-13-25(29)26(3,4)19-30-20-31/h7-9,11-12,20-22,24-25H,6,10,13-19,29H2,1-5H3,(H,30,31). The van der Waals surface area contributed by atoms with Gasteiger partial charge >= 0.3 is 0 Å². The van der Waals surface area contributed by atoms with Crippen molar-refractivity contribution in [2.24, 2.45) is 34.3 Å². The van der Waals surface area contributed by atoms with Gasteiger partial charge in [-0.2, -0.15) is 0 Å². The van der Waals surface area contributed by atoms with E-state index in [9.17, 15) is 4.79 Å². The molecular formula is C28H46N2O. The molecule has 2 aliphatic carbocycles. The fourth-order valence-electron chi connectivity index (χ4n) is 7.36. The van der Waals surface area contributed by atoms with E-state index in [1.54, 1.807) is 5.56 Å². The van der Waals surface area contributed by atoms with Crippen molar-refractivity contribution in [1.29, 1.82) is 0 Å². The maximum atomic E-state index is 10.8. The van der Waals surface area contributed by atoms with Crippen LogP contribution in [0, 0.1) is 28.6 Å². The minimum absolute atomic E-state index is 0.0851. The molecule has 0 aromatic heterocycles. The van der Waals surface area contributed by atoms with Gasteiger partial charge in [0, 0.05) is 12.6 Å². The van der Waals surface area contributed by atoms with Gasteiger partial charge in [0.2, 0.25) is 6.41 Å². The smallest absolute Gasteiger partial charge is 0.207 e. The summed E-state index contributed by atoms with van der Waals surface area (Å²) in [5, 5.41) is 2.84. The normalized spacial score (nSPS) is 34.2. The Labute approximate surface area is 190 Å². The highest BCUT2D eigenvalue weighted by atomic mass is 16.1. The molecular weight excluding hydrogens is 380 g/mol. The van der Waals surface area contributed by atoms with Gasteiger partial charge in [-0.3, -0.25) is 4.79 Å². The summed E-state index contributed by atoms with van der Waals surface area (Å²) in [4.78, 5) is 10.8. The molecule has 0 aliphatic heterocycles. The van der Waals surface area contributed by atoms with E-state index in [1.165, 1.54) is 44.9 Å². The number of hydrogen-bond donors (Lipinski definition) is 2. The van der Waals surface area contributed by atoms with Crippen molar-refractivity contribution in [3.63, 3.8) is 0 Å². The predicted molar refractivity (Wildman–Crippen MR) is 131 cm³/mol. The Morgan fingerprint density at radius 3 is 2.58 bits per heavy atom. The predicted octanol–water partition coefficient (Wildman–Crippen LogP) is 6.07. The average molecular weight is 427 g/mol. The van der Waals surface area contributed by atoms with Crippen molar-refractivity contribution in [3.05, 3.63) is 35.9 Å². The van der Waals surface area contributed by atoms with Crippen molar-refractivity contribution in [2.45, 2.75) is 97.4 Å². The number of carbonyl (C=O) groups is 1. The van der Waals surface area contributed by atoms with Crippen LogP contribution in [0.1, 0.15) is 91.5 Å². The molecule has 174 valence electrons. The van der Waals surface area contributed by atoms with E-state index in [2.05, 4.69) is 70.3 Å². The molecule has 6 unspecified atom stereocenters. The molecule has 3 N–H and O–H groups in total. The van der Waals surface area contributed by atoms with E-state index < -0.39 is 0 Å². The highest BCUT2D eigenvalue weighted by Gasteiger charge is 2.53. The molecule has 0 saturated heterocycles. The Morgan fingerprint density at radius 2 is 1.94 bits per heavy atom. The molecule has 2 aliphatic rings. The maximum absolute atomic E-state index is 10.8. The van der Waals surface area contributed by atoms with E-state index in [0.29, 0.717) is 17.4 Å². The number of benzene rings is 1. The third-order valence-corrected chi connectivity index (χ3v) is 8.93. The monoisotopic (exact) mass is 426 g/mol. The van der Waals surface area contributed by atoms with Gasteiger partial charge in [-0.25, -0.2) is 0 Å². The molecule has 3 nitrogen and oxygen atoms in total. The van der Waals surface area contributed by atoms with Crippen LogP contribution in [0.3, 0.4) is 0 Å². The van der Waals surface area contributed by atoms with Crippen LogP contribution < -0.4 is 11.1 Å². The zero-order valence-corrected chi connectivity index (χ0v) is 20.6. The Hall–Kier alpha value is -1.35. The lowest BCUT2D eigenvalue weighted by molar-refractivity contribution is -0.110. The van der Waals surface area contributed by atoms with Crippen molar-refractivity contribution in [1.82, 2.24) is 5.32 Å². The molecule has 31 heavy (non-hydrogen) atoms. The summed E-state index contributed by atoms with van der Waals surface area (Å²) in [5.41, 5.74) is 8.80. The zero-order chi connectivity index (χ0) is 22.7. The average Bonchev–Trinajstić information content (AvgIpc) is 2.73.